The van der Waals surface area contributed by atoms with Crippen molar-refractivity contribution in [1.82, 2.24) is 0 Å². The molecule has 0 bridgehead atoms. The van der Waals surface area contributed by atoms with Crippen molar-refractivity contribution in [2.75, 3.05) is 0 Å². The van der Waals surface area contributed by atoms with Gasteiger partial charge in [-0.25, -0.2) is 0 Å². The molecule has 0 aliphatic heterocycles. The van der Waals surface area contributed by atoms with Gasteiger partial charge < -0.3 is 6.15 Å². The fraction of sp³-hybridized carbons (Fsp3) is 0. The van der Waals surface area contributed by atoms with E-state index in [9.17, 15) is 0 Å². The molecular weight excluding hydrogens is 413 g/mol. The Bertz CT molecular complexity index is 3.25. The fourth-order valence-electron chi connectivity index (χ4n) is 0. The molecule has 0 unspecified atom stereocenters. The van der Waals surface area contributed by atoms with Crippen LogP contribution in [0.15, 0.2) is 0 Å². The van der Waals surface area contributed by atoms with Gasteiger partial charge in [0.05, 0.1) is 0 Å². The molecule has 0 heterocycles. The van der Waals surface area contributed by atoms with E-state index >= 15 is 0 Å². The summed E-state index contributed by atoms with van der Waals surface area (Å²) in [4.78, 5) is 0. The van der Waals surface area contributed by atoms with Crippen molar-refractivity contribution < 1.29 is 207 Å². The molecular formula is Cs3N. The molecule has 0 saturated heterocycles. The topological polar surface area (TPSA) is 30.5 Å². The quantitative estimate of drug-likeness (QED) is 0.378. The van der Waals surface area contributed by atoms with Crippen LogP contribution in [0, 0.1) is 0 Å². The fourth-order valence-corrected chi connectivity index (χ4v) is 0. The normalized spacial score (nSPS) is 0. The van der Waals surface area contributed by atoms with E-state index in [-0.39, 0.29) is 213 Å². The van der Waals surface area contributed by atoms with Crippen molar-refractivity contribution >= 4 is 0 Å². The summed E-state index contributed by atoms with van der Waals surface area (Å²) in [6, 6.07) is 0. The Morgan fingerprint density at radius 2 is 0.500 bits per heavy atom. The Kier molecular flexibility index (Phi) is 90.2. The molecule has 4 heavy (non-hydrogen) atoms. The Morgan fingerprint density at radius 1 is 0.500 bits per heavy atom. The van der Waals surface area contributed by atoms with Crippen LogP contribution in [0.2, 0.25) is 0 Å². The van der Waals surface area contributed by atoms with Crippen molar-refractivity contribution in [3.63, 3.8) is 0 Å². The van der Waals surface area contributed by atoms with Gasteiger partial charge in [0.2, 0.25) is 0 Å². The average molecular weight is 413 g/mol. The molecule has 0 aromatic rings. The van der Waals surface area contributed by atoms with E-state index in [2.05, 4.69) is 0 Å². The van der Waals surface area contributed by atoms with Gasteiger partial charge in [0.15, 0.2) is 0 Å². The van der Waals surface area contributed by atoms with Gasteiger partial charge in [0.1, 0.15) is 0 Å². The Hall–Kier alpha value is 6.12. The predicted molar refractivity (Wildman–Crippen MR) is 3.36 cm³/mol. The Labute approximate surface area is 203 Å². The van der Waals surface area contributed by atoms with Crippen LogP contribution in [-0.2, 0) is 0 Å². The number of hydrogen-bond donors (Lipinski definition) is 0. The third-order valence-corrected chi connectivity index (χ3v) is 0. The summed E-state index contributed by atoms with van der Waals surface area (Å²) in [6.45, 7) is 0. The first-order valence-corrected chi connectivity index (χ1v) is 0. The van der Waals surface area contributed by atoms with Crippen LogP contribution in [0.4, 0.5) is 0 Å². The van der Waals surface area contributed by atoms with Gasteiger partial charge in [-0.3, -0.25) is 0 Å². The minimum absolute atomic E-state index is 0. The molecule has 0 aliphatic rings. The molecule has 1 nitrogen and oxygen atoms in total. The van der Waals surface area contributed by atoms with Crippen molar-refractivity contribution in [2.24, 2.45) is 0 Å². The molecule has 0 radical (unpaired) electrons. The summed E-state index contributed by atoms with van der Waals surface area (Å²) in [5.74, 6) is 0. The van der Waals surface area contributed by atoms with Crippen LogP contribution >= 0.6 is 0 Å². The van der Waals surface area contributed by atoms with Crippen LogP contribution in [0.1, 0.15) is 0 Å². The first-order chi connectivity index (χ1) is 0. The van der Waals surface area contributed by atoms with E-state index in [1.807, 2.05) is 0 Å². The Balaban J connectivity index is 0. The third-order valence-electron chi connectivity index (χ3n) is 0. The summed E-state index contributed by atoms with van der Waals surface area (Å²) in [7, 11) is 0. The molecule has 0 aromatic heterocycles. The average Bonchev–Trinajstić information content (AvgIpc) is 0. The minimum Gasteiger partial charge on any atom is -3.00 e. The zero-order chi connectivity index (χ0) is 0. The number of hydrogen-bond acceptors (Lipinski definition) is 0. The standard InChI is InChI=1S/3Cs.N/q3*+1;-3. The van der Waals surface area contributed by atoms with E-state index in [1.165, 1.54) is 0 Å². The monoisotopic (exact) mass is 413 g/mol. The predicted octanol–water partition coefficient (Wildman–Crippen LogP) is -8.70. The zero-order valence-electron chi connectivity index (χ0n) is 3.45. The van der Waals surface area contributed by atoms with Crippen LogP contribution in [0.5, 0.6) is 0 Å². The molecule has 8 valence electrons. The van der Waals surface area contributed by atoms with Gasteiger partial charge >= 0.3 is 207 Å². The molecule has 0 fully saturated rings. The van der Waals surface area contributed by atoms with Crippen LogP contribution in [-0.4, -0.2) is 0 Å². The largest absolute Gasteiger partial charge is 3.00 e. The van der Waals surface area contributed by atoms with Gasteiger partial charge in [0, 0.05) is 0 Å². The van der Waals surface area contributed by atoms with Crippen molar-refractivity contribution in [1.29, 1.82) is 0 Å². The smallest absolute Gasteiger partial charge is 1.00 e. The molecule has 0 N–H and O–H groups in total. The number of rotatable bonds is 0. The minimum atomic E-state index is 0. The van der Waals surface area contributed by atoms with Gasteiger partial charge in [-0.15, -0.1) is 0 Å². The summed E-state index contributed by atoms with van der Waals surface area (Å²) < 4.78 is 0. The van der Waals surface area contributed by atoms with E-state index < -0.39 is 0 Å². The second-order valence-corrected chi connectivity index (χ2v) is 0. The van der Waals surface area contributed by atoms with E-state index in [4.69, 9.17) is 0 Å². The molecule has 4 heteroatoms. The summed E-state index contributed by atoms with van der Waals surface area (Å²) in [5.41, 5.74) is 0. The first kappa shape index (κ1) is 22.5. The number of nitrogens with zero attached hydrogens (tertiary/aromatic N) is 1. The maximum absolute atomic E-state index is 0. The van der Waals surface area contributed by atoms with Crippen molar-refractivity contribution in [3.05, 3.63) is 6.15 Å². The van der Waals surface area contributed by atoms with Crippen molar-refractivity contribution in [2.45, 2.75) is 0 Å². The molecule has 0 rings (SSSR count). The molecule has 0 aliphatic carbocycles. The molecule has 0 atom stereocenters. The Morgan fingerprint density at radius 3 is 0.500 bits per heavy atom. The molecule has 0 amide bonds. The second kappa shape index (κ2) is 16.1. The zero-order valence-corrected chi connectivity index (χ0v) is 22.3. The maximum Gasteiger partial charge on any atom is 1.00 e. The van der Waals surface area contributed by atoms with E-state index in [0.29, 0.717) is 0 Å². The third kappa shape index (κ3) is 11.0. The van der Waals surface area contributed by atoms with E-state index in [0.717, 1.165) is 0 Å². The van der Waals surface area contributed by atoms with Gasteiger partial charge in [-0.1, -0.05) is 0 Å². The summed E-state index contributed by atoms with van der Waals surface area (Å²) >= 11 is 0. The van der Waals surface area contributed by atoms with Gasteiger partial charge in [0.25, 0.3) is 0 Å². The molecule has 0 aromatic carbocycles. The second-order valence-electron chi connectivity index (χ2n) is 0. The summed E-state index contributed by atoms with van der Waals surface area (Å²) in [5, 5.41) is 0. The molecule has 0 saturated carbocycles. The van der Waals surface area contributed by atoms with Crippen molar-refractivity contribution in [3.8, 4) is 0 Å². The summed E-state index contributed by atoms with van der Waals surface area (Å²) in [6.07, 6.45) is 0. The van der Waals surface area contributed by atoms with Gasteiger partial charge in [-0.2, -0.15) is 0 Å². The van der Waals surface area contributed by atoms with Crippen LogP contribution in [0.25, 0.3) is 6.15 Å². The van der Waals surface area contributed by atoms with Crippen LogP contribution in [0.3, 0.4) is 0 Å². The van der Waals surface area contributed by atoms with E-state index in [1.54, 1.807) is 0 Å². The first-order valence-electron chi connectivity index (χ1n) is 0. The SMILES string of the molecule is [Cs+].[Cs+].[Cs+].[N-3]. The van der Waals surface area contributed by atoms with Crippen LogP contribution < -0.4 is 207 Å². The molecule has 0 spiro atoms. The maximum atomic E-state index is 0. The van der Waals surface area contributed by atoms with Gasteiger partial charge in [-0.05, 0) is 0 Å².